The van der Waals surface area contributed by atoms with E-state index in [1.165, 1.54) is 16.0 Å². The normalized spacial score (nSPS) is 11.3. The van der Waals surface area contributed by atoms with E-state index in [0.29, 0.717) is 5.56 Å². The van der Waals surface area contributed by atoms with Crippen LogP contribution in [0.3, 0.4) is 0 Å². The minimum absolute atomic E-state index is 0.709. The summed E-state index contributed by atoms with van der Waals surface area (Å²) in [6.45, 7) is 4.06. The van der Waals surface area contributed by atoms with E-state index in [2.05, 4.69) is 78.2 Å². The van der Waals surface area contributed by atoms with E-state index in [4.69, 9.17) is 0 Å². The number of fused-ring (bicyclic) bond motifs is 3. The highest BCUT2D eigenvalue weighted by molar-refractivity contribution is 5.78. The molecule has 5 heteroatoms. The van der Waals surface area contributed by atoms with Crippen molar-refractivity contribution >= 4 is 22.5 Å². The third-order valence-electron chi connectivity index (χ3n) is 5.68. The van der Waals surface area contributed by atoms with Crippen molar-refractivity contribution < 1.29 is 9.30 Å². The first-order chi connectivity index (χ1) is 14.6. The molecule has 2 heterocycles. The number of para-hydroxylation sites is 2. The van der Waals surface area contributed by atoms with Crippen LogP contribution in [0.15, 0.2) is 54.6 Å². The predicted octanol–water partition coefficient (Wildman–Crippen LogP) is 2.62. The van der Waals surface area contributed by atoms with E-state index < -0.39 is 0 Å². The first kappa shape index (κ1) is 19.9. The molecule has 4 rings (SSSR count). The maximum absolute atomic E-state index is 9.99. The van der Waals surface area contributed by atoms with Crippen molar-refractivity contribution in [2.24, 2.45) is 0 Å². The van der Waals surface area contributed by atoms with Crippen LogP contribution in [0.1, 0.15) is 28.7 Å². The van der Waals surface area contributed by atoms with Crippen molar-refractivity contribution in [1.29, 1.82) is 5.26 Å². The fourth-order valence-electron chi connectivity index (χ4n) is 4.11. The molecular formula is C25H29N5+2. The van der Waals surface area contributed by atoms with E-state index in [0.717, 1.165) is 54.0 Å². The number of hydrogen-bond donors (Lipinski definition) is 3. The molecule has 0 radical (unpaired) electrons. The number of aromatic nitrogens is 2. The predicted molar refractivity (Wildman–Crippen MR) is 121 cm³/mol. The lowest BCUT2D eigenvalue weighted by Gasteiger charge is -2.14. The second-order valence-electron chi connectivity index (χ2n) is 8.16. The van der Waals surface area contributed by atoms with Crippen LogP contribution in [0.25, 0.3) is 16.7 Å². The second kappa shape index (κ2) is 8.56. The Hall–Kier alpha value is -3.36. The van der Waals surface area contributed by atoms with Gasteiger partial charge in [-0.1, -0.05) is 42.5 Å². The van der Waals surface area contributed by atoms with Crippen molar-refractivity contribution in [3.63, 3.8) is 0 Å². The van der Waals surface area contributed by atoms with E-state index in [9.17, 15) is 5.26 Å². The van der Waals surface area contributed by atoms with Crippen LogP contribution in [0, 0.1) is 18.3 Å². The van der Waals surface area contributed by atoms with Gasteiger partial charge in [-0.05, 0) is 30.2 Å². The molecule has 0 aliphatic heterocycles. The Balaban J connectivity index is 1.92. The summed E-state index contributed by atoms with van der Waals surface area (Å²) in [5, 5.41) is 13.7. The first-order valence-corrected chi connectivity index (χ1v) is 10.5. The quantitative estimate of drug-likeness (QED) is 0.330. The van der Waals surface area contributed by atoms with Crippen LogP contribution in [-0.2, 0) is 6.42 Å². The van der Waals surface area contributed by atoms with E-state index in [1.54, 1.807) is 0 Å². The summed E-state index contributed by atoms with van der Waals surface area (Å²) in [5.74, 6) is 1.08. The molecule has 2 aromatic carbocycles. The number of nitrogens with one attached hydrogen (secondary N) is 3. The van der Waals surface area contributed by atoms with Crippen LogP contribution in [0.4, 0.5) is 5.82 Å². The van der Waals surface area contributed by atoms with Gasteiger partial charge in [0.1, 0.15) is 22.7 Å². The number of H-pyrrole nitrogens is 1. The number of aromatic amines is 1. The minimum Gasteiger partial charge on any atom is -0.340 e. The molecular weight excluding hydrogens is 370 g/mol. The Kier molecular flexibility index (Phi) is 5.69. The van der Waals surface area contributed by atoms with Gasteiger partial charge in [0.15, 0.2) is 0 Å². The Morgan fingerprint density at radius 3 is 2.53 bits per heavy atom. The van der Waals surface area contributed by atoms with Crippen molar-refractivity contribution in [2.45, 2.75) is 19.8 Å². The molecule has 0 saturated carbocycles. The summed E-state index contributed by atoms with van der Waals surface area (Å²) in [4.78, 5) is 4.92. The molecule has 5 nitrogen and oxygen atoms in total. The Morgan fingerprint density at radius 2 is 1.80 bits per heavy atom. The standard InChI is InChI=1S/C25H27N5/c1-18-20(16-19-10-5-4-6-11-19)24(27-14-9-15-29(2)3)30-23-13-8-7-12-22(23)28-25(30)21(18)17-26/h4-8,10-13H,9,14-16H2,1-3H3,(H,27,28)/p+2. The Morgan fingerprint density at radius 1 is 1.07 bits per heavy atom. The number of nitriles is 1. The minimum atomic E-state index is 0.709. The van der Waals surface area contributed by atoms with Crippen molar-refractivity contribution in [3.05, 3.63) is 76.9 Å². The number of nitrogens with zero attached hydrogens (tertiary/aromatic N) is 2. The Bertz CT molecular complexity index is 1220. The zero-order chi connectivity index (χ0) is 21.1. The molecule has 0 saturated heterocycles. The monoisotopic (exact) mass is 399 g/mol. The molecule has 0 bridgehead atoms. The molecule has 0 unspecified atom stereocenters. The highest BCUT2D eigenvalue weighted by atomic mass is 15.1. The molecule has 0 fully saturated rings. The fraction of sp³-hybridized carbons (Fsp3) is 0.280. The number of pyridine rings is 1. The van der Waals surface area contributed by atoms with Crippen molar-refractivity contribution in [3.8, 4) is 6.07 Å². The number of hydrogen-bond acceptors (Lipinski definition) is 2. The van der Waals surface area contributed by atoms with Gasteiger partial charge in [0.25, 0.3) is 0 Å². The molecule has 0 spiro atoms. The van der Waals surface area contributed by atoms with Gasteiger partial charge in [-0.2, -0.15) is 9.66 Å². The van der Waals surface area contributed by atoms with Gasteiger partial charge < -0.3 is 10.2 Å². The van der Waals surface area contributed by atoms with Gasteiger partial charge in [0.05, 0.1) is 27.2 Å². The second-order valence-corrected chi connectivity index (χ2v) is 8.16. The third kappa shape index (κ3) is 3.74. The zero-order valence-electron chi connectivity index (χ0n) is 17.9. The third-order valence-corrected chi connectivity index (χ3v) is 5.68. The lowest BCUT2D eigenvalue weighted by atomic mass is 9.97. The van der Waals surface area contributed by atoms with Gasteiger partial charge in [-0.15, -0.1) is 0 Å². The average Bonchev–Trinajstić information content (AvgIpc) is 3.13. The molecule has 2 aromatic heterocycles. The van der Waals surface area contributed by atoms with E-state index >= 15 is 0 Å². The largest absolute Gasteiger partial charge is 0.340 e. The molecule has 0 aliphatic carbocycles. The lowest BCUT2D eigenvalue weighted by Crippen LogP contribution is -3.05. The van der Waals surface area contributed by atoms with Crippen LogP contribution in [0.2, 0.25) is 0 Å². The number of rotatable bonds is 7. The van der Waals surface area contributed by atoms with Crippen LogP contribution < -0.4 is 14.6 Å². The number of anilines is 1. The van der Waals surface area contributed by atoms with Crippen LogP contribution >= 0.6 is 0 Å². The zero-order valence-corrected chi connectivity index (χ0v) is 17.9. The maximum Gasteiger partial charge on any atom is 0.250 e. The van der Waals surface area contributed by atoms with Crippen molar-refractivity contribution in [2.75, 3.05) is 32.5 Å². The van der Waals surface area contributed by atoms with Crippen molar-refractivity contribution in [1.82, 2.24) is 4.98 Å². The van der Waals surface area contributed by atoms with E-state index in [1.807, 2.05) is 18.2 Å². The van der Waals surface area contributed by atoms with Gasteiger partial charge in [-0.3, -0.25) is 4.98 Å². The number of quaternary nitrogens is 1. The molecule has 0 atom stereocenters. The summed E-state index contributed by atoms with van der Waals surface area (Å²) >= 11 is 0. The molecule has 4 aromatic rings. The van der Waals surface area contributed by atoms with Crippen LogP contribution in [0.5, 0.6) is 0 Å². The SMILES string of the molecule is Cc1c(Cc2ccccc2)c(NCCC[NH+](C)C)[n+]2c([nH]c3ccccc32)c1C#N. The average molecular weight is 400 g/mol. The van der Waals surface area contributed by atoms with Gasteiger partial charge in [-0.25, -0.2) is 0 Å². The van der Waals surface area contributed by atoms with Gasteiger partial charge in [0.2, 0.25) is 11.5 Å². The van der Waals surface area contributed by atoms with Gasteiger partial charge >= 0.3 is 0 Å². The Labute approximate surface area is 177 Å². The van der Waals surface area contributed by atoms with E-state index in [-0.39, 0.29) is 0 Å². The topological polar surface area (TPSA) is 60.1 Å². The molecule has 0 amide bonds. The highest BCUT2D eigenvalue weighted by Crippen LogP contribution is 2.27. The number of imidazole rings is 1. The highest BCUT2D eigenvalue weighted by Gasteiger charge is 2.25. The molecule has 3 N–H and O–H groups in total. The lowest BCUT2D eigenvalue weighted by molar-refractivity contribution is -0.858. The molecule has 0 aliphatic rings. The fourth-order valence-corrected chi connectivity index (χ4v) is 4.11. The first-order valence-electron chi connectivity index (χ1n) is 10.5. The summed E-state index contributed by atoms with van der Waals surface area (Å²) < 4.78 is 2.20. The van der Waals surface area contributed by atoms with Crippen LogP contribution in [-0.4, -0.2) is 32.2 Å². The molecule has 30 heavy (non-hydrogen) atoms. The molecule has 152 valence electrons. The summed E-state index contributed by atoms with van der Waals surface area (Å²) in [6.07, 6.45) is 1.86. The summed E-state index contributed by atoms with van der Waals surface area (Å²) in [5.41, 5.74) is 7.13. The maximum atomic E-state index is 9.99. The van der Waals surface area contributed by atoms with Gasteiger partial charge in [0, 0.05) is 18.4 Å². The summed E-state index contributed by atoms with van der Waals surface area (Å²) in [7, 11) is 4.36. The summed E-state index contributed by atoms with van der Waals surface area (Å²) in [6, 6.07) is 21.2. The number of benzene rings is 2. The smallest absolute Gasteiger partial charge is 0.250 e.